The number of methoxy groups -OCH3 is 1. The molecule has 7 heteroatoms. The molecule has 1 aromatic carbocycles. The number of carbonyl (C=O) groups excluding carboxylic acids is 1. The van der Waals surface area contributed by atoms with Gasteiger partial charge in [-0.05, 0) is 12.1 Å². The topological polar surface area (TPSA) is 82.2 Å². The van der Waals surface area contributed by atoms with Gasteiger partial charge in [0.25, 0.3) is 0 Å². The third-order valence-corrected chi connectivity index (χ3v) is 3.53. The maximum atomic E-state index is 11.9. The number of ether oxygens (including phenoxy) is 1. The van der Waals surface area contributed by atoms with Gasteiger partial charge in [-0.1, -0.05) is 0 Å². The van der Waals surface area contributed by atoms with Crippen LogP contribution in [0.2, 0.25) is 0 Å². The second-order valence-electron chi connectivity index (χ2n) is 4.14. The smallest absolute Gasteiger partial charge is 0.234 e. The van der Waals surface area contributed by atoms with Crippen LogP contribution in [0.3, 0.4) is 0 Å². The average molecular weight is 292 g/mol. The van der Waals surface area contributed by atoms with Gasteiger partial charge in [-0.25, -0.2) is 0 Å². The van der Waals surface area contributed by atoms with E-state index >= 15 is 0 Å². The van der Waals surface area contributed by atoms with Gasteiger partial charge in [-0.3, -0.25) is 9.48 Å². The fourth-order valence-electron chi connectivity index (χ4n) is 1.59. The minimum atomic E-state index is -0.115. The predicted molar refractivity (Wildman–Crippen MR) is 80.0 cm³/mol. The molecule has 106 valence electrons. The van der Waals surface area contributed by atoms with E-state index in [1.165, 1.54) is 11.8 Å². The summed E-state index contributed by atoms with van der Waals surface area (Å²) in [6.07, 6.45) is 3.58. The molecule has 0 atom stereocenters. The Hall–Kier alpha value is -2.15. The van der Waals surface area contributed by atoms with E-state index in [0.717, 1.165) is 4.90 Å². The van der Waals surface area contributed by atoms with Crippen molar-refractivity contribution in [3.8, 4) is 5.75 Å². The van der Waals surface area contributed by atoms with E-state index in [4.69, 9.17) is 10.5 Å². The van der Waals surface area contributed by atoms with Crippen LogP contribution in [0.15, 0.2) is 35.5 Å². The zero-order valence-corrected chi connectivity index (χ0v) is 12.1. The van der Waals surface area contributed by atoms with Gasteiger partial charge in [0.05, 0.1) is 30.4 Å². The number of thioether (sulfide) groups is 1. The molecule has 1 heterocycles. The van der Waals surface area contributed by atoms with Gasteiger partial charge in [0.2, 0.25) is 5.91 Å². The molecule has 0 radical (unpaired) electrons. The lowest BCUT2D eigenvalue weighted by molar-refractivity contribution is -0.113. The van der Waals surface area contributed by atoms with E-state index in [2.05, 4.69) is 10.4 Å². The van der Waals surface area contributed by atoms with Crippen molar-refractivity contribution in [1.29, 1.82) is 0 Å². The van der Waals surface area contributed by atoms with Crippen LogP contribution in [-0.4, -0.2) is 28.6 Å². The number of amides is 1. The van der Waals surface area contributed by atoms with Crippen molar-refractivity contribution in [3.05, 3.63) is 30.6 Å². The fourth-order valence-corrected chi connectivity index (χ4v) is 2.31. The summed E-state index contributed by atoms with van der Waals surface area (Å²) in [4.78, 5) is 12.8. The lowest BCUT2D eigenvalue weighted by Gasteiger charge is -2.09. The summed E-state index contributed by atoms with van der Waals surface area (Å²) < 4.78 is 6.75. The number of hydrogen-bond acceptors (Lipinski definition) is 5. The number of nitrogens with one attached hydrogen (secondary N) is 1. The first-order valence-electron chi connectivity index (χ1n) is 5.93. The van der Waals surface area contributed by atoms with E-state index < -0.39 is 0 Å². The van der Waals surface area contributed by atoms with Crippen LogP contribution in [0.1, 0.15) is 0 Å². The summed E-state index contributed by atoms with van der Waals surface area (Å²) in [5, 5.41) is 6.81. The number of nitrogens with zero attached hydrogens (tertiary/aromatic N) is 2. The van der Waals surface area contributed by atoms with Gasteiger partial charge in [0.15, 0.2) is 0 Å². The molecular weight excluding hydrogens is 276 g/mol. The minimum Gasteiger partial charge on any atom is -0.497 e. The van der Waals surface area contributed by atoms with Crippen molar-refractivity contribution in [2.45, 2.75) is 4.90 Å². The first-order chi connectivity index (χ1) is 9.58. The second kappa shape index (κ2) is 6.33. The summed E-state index contributed by atoms with van der Waals surface area (Å²) in [7, 11) is 3.40. The maximum absolute atomic E-state index is 11.9. The van der Waals surface area contributed by atoms with Gasteiger partial charge >= 0.3 is 0 Å². The lowest BCUT2D eigenvalue weighted by atomic mass is 10.2. The van der Waals surface area contributed by atoms with Gasteiger partial charge in [0, 0.05) is 24.2 Å². The first-order valence-corrected chi connectivity index (χ1v) is 6.92. The number of aromatic nitrogens is 2. The van der Waals surface area contributed by atoms with Crippen molar-refractivity contribution >= 4 is 29.0 Å². The molecule has 1 aromatic heterocycles. The van der Waals surface area contributed by atoms with Gasteiger partial charge in [0.1, 0.15) is 5.75 Å². The normalized spacial score (nSPS) is 10.3. The van der Waals surface area contributed by atoms with E-state index in [-0.39, 0.29) is 5.91 Å². The number of carbonyl (C=O) groups is 1. The fraction of sp³-hybridized carbons (Fsp3) is 0.231. The van der Waals surface area contributed by atoms with E-state index in [1.807, 2.05) is 13.2 Å². The third-order valence-electron chi connectivity index (χ3n) is 2.58. The van der Waals surface area contributed by atoms with E-state index in [9.17, 15) is 4.79 Å². The van der Waals surface area contributed by atoms with E-state index in [0.29, 0.717) is 22.9 Å². The highest BCUT2D eigenvalue weighted by Crippen LogP contribution is 2.24. The molecule has 0 aliphatic rings. The van der Waals surface area contributed by atoms with Crippen LogP contribution in [0.5, 0.6) is 5.75 Å². The zero-order valence-electron chi connectivity index (χ0n) is 11.3. The molecule has 3 N–H and O–H groups in total. The number of aryl methyl sites for hydroxylation is 1. The highest BCUT2D eigenvalue weighted by atomic mass is 32.2. The molecular formula is C13H16N4O2S. The quantitative estimate of drug-likeness (QED) is 0.648. The summed E-state index contributed by atoms with van der Waals surface area (Å²) in [5.41, 5.74) is 6.90. The zero-order chi connectivity index (χ0) is 14.5. The Morgan fingerprint density at radius 2 is 2.35 bits per heavy atom. The van der Waals surface area contributed by atoms with Crippen LogP contribution in [-0.2, 0) is 11.8 Å². The third kappa shape index (κ3) is 3.67. The second-order valence-corrected chi connectivity index (χ2v) is 5.19. The van der Waals surface area contributed by atoms with Crippen LogP contribution in [0, 0.1) is 0 Å². The minimum absolute atomic E-state index is 0.115. The van der Waals surface area contributed by atoms with E-state index in [1.54, 1.807) is 36.2 Å². The summed E-state index contributed by atoms with van der Waals surface area (Å²) in [6.45, 7) is 0. The number of hydrogen-bond donors (Lipinski definition) is 2. The molecule has 2 aromatic rings. The molecule has 0 spiro atoms. The van der Waals surface area contributed by atoms with Crippen LogP contribution >= 0.6 is 11.8 Å². The Kier molecular flexibility index (Phi) is 4.52. The summed E-state index contributed by atoms with van der Waals surface area (Å²) >= 11 is 1.42. The Bertz CT molecular complexity index is 612. The molecule has 0 fully saturated rings. The van der Waals surface area contributed by atoms with Crippen LogP contribution in [0.25, 0.3) is 0 Å². The number of nitrogen functional groups attached to an aromatic ring is 1. The van der Waals surface area contributed by atoms with Gasteiger partial charge < -0.3 is 15.8 Å². The van der Waals surface area contributed by atoms with Crippen molar-refractivity contribution in [3.63, 3.8) is 0 Å². The molecule has 6 nitrogen and oxygen atoms in total. The highest BCUT2D eigenvalue weighted by molar-refractivity contribution is 8.00. The Morgan fingerprint density at radius 1 is 1.55 bits per heavy atom. The molecule has 20 heavy (non-hydrogen) atoms. The standard InChI is InChI=1S/C13H16N4O2S/c1-17-7-10(6-15-17)20-8-13(18)16-12-4-3-9(19-2)5-11(12)14/h3-7H,8,14H2,1-2H3,(H,16,18). The summed E-state index contributed by atoms with van der Waals surface area (Å²) in [6, 6.07) is 5.14. The number of anilines is 2. The number of rotatable bonds is 5. The van der Waals surface area contributed by atoms with Crippen LogP contribution < -0.4 is 15.8 Å². The molecule has 0 bridgehead atoms. The molecule has 0 aliphatic heterocycles. The highest BCUT2D eigenvalue weighted by Gasteiger charge is 2.07. The largest absolute Gasteiger partial charge is 0.497 e. The first kappa shape index (κ1) is 14.3. The maximum Gasteiger partial charge on any atom is 0.234 e. The lowest BCUT2D eigenvalue weighted by Crippen LogP contribution is -2.15. The predicted octanol–water partition coefficient (Wildman–Crippen LogP) is 1.74. The van der Waals surface area contributed by atoms with Crippen molar-refractivity contribution < 1.29 is 9.53 Å². The Balaban J connectivity index is 1.91. The van der Waals surface area contributed by atoms with Crippen LogP contribution in [0.4, 0.5) is 11.4 Å². The molecule has 2 rings (SSSR count). The monoisotopic (exact) mass is 292 g/mol. The van der Waals surface area contributed by atoms with Gasteiger partial charge in [-0.2, -0.15) is 5.10 Å². The number of benzene rings is 1. The molecule has 0 saturated heterocycles. The average Bonchev–Trinajstić information content (AvgIpc) is 2.84. The summed E-state index contributed by atoms with van der Waals surface area (Å²) in [5.74, 6) is 0.845. The number of nitrogens with two attached hydrogens (primary N) is 1. The van der Waals surface area contributed by atoms with Gasteiger partial charge in [-0.15, -0.1) is 11.8 Å². The molecule has 0 unspecified atom stereocenters. The van der Waals surface area contributed by atoms with Crippen molar-refractivity contribution in [1.82, 2.24) is 9.78 Å². The molecule has 0 saturated carbocycles. The van der Waals surface area contributed by atoms with Crippen molar-refractivity contribution in [2.24, 2.45) is 7.05 Å². The Labute approximate surface area is 121 Å². The SMILES string of the molecule is COc1ccc(NC(=O)CSc2cnn(C)c2)c(N)c1. The Morgan fingerprint density at radius 3 is 2.95 bits per heavy atom. The molecule has 1 amide bonds. The molecule has 0 aliphatic carbocycles. The van der Waals surface area contributed by atoms with Crippen molar-refractivity contribution in [2.75, 3.05) is 23.9 Å².